The Morgan fingerprint density at radius 1 is 0.312 bits per heavy atom. The van der Waals surface area contributed by atoms with Crippen LogP contribution in [-0.2, 0) is 0 Å². The Morgan fingerprint density at radius 3 is 1.60 bits per heavy atom. The van der Waals surface area contributed by atoms with Gasteiger partial charge in [0.15, 0.2) is 0 Å². The van der Waals surface area contributed by atoms with Crippen LogP contribution in [0.15, 0.2) is 158 Å². The third-order valence-electron chi connectivity index (χ3n) is 10.2. The Bertz CT molecular complexity index is 3060. The summed E-state index contributed by atoms with van der Waals surface area (Å²) in [6, 6.07) is 58.6. The minimum Gasteiger partial charge on any atom is -0.134 e. The largest absolute Gasteiger partial charge is 0.134 e. The van der Waals surface area contributed by atoms with Crippen LogP contribution in [0.2, 0.25) is 0 Å². The van der Waals surface area contributed by atoms with E-state index < -0.39 is 0 Å². The van der Waals surface area contributed by atoms with Crippen molar-refractivity contribution in [2.45, 2.75) is 0 Å². The maximum absolute atomic E-state index is 2.48. The summed E-state index contributed by atoms with van der Waals surface area (Å²) >= 11 is 3.87. The second-order valence-corrected chi connectivity index (χ2v) is 14.8. The Morgan fingerprint density at radius 2 is 0.854 bits per heavy atom. The van der Waals surface area contributed by atoms with Crippen LogP contribution in [0, 0.1) is 0 Å². The van der Waals surface area contributed by atoms with E-state index >= 15 is 0 Å². The van der Waals surface area contributed by atoms with Crippen LogP contribution < -0.4 is 0 Å². The summed E-state index contributed by atoms with van der Waals surface area (Å²) in [4.78, 5) is 0. The Balaban J connectivity index is 1.27. The van der Waals surface area contributed by atoms with Gasteiger partial charge in [0.25, 0.3) is 0 Å². The number of hydrogen-bond donors (Lipinski definition) is 0. The van der Waals surface area contributed by atoms with Crippen LogP contribution in [0.1, 0.15) is 0 Å². The normalized spacial score (nSPS) is 12.2. The average Bonchev–Trinajstić information content (AvgIpc) is 3.73. The summed E-state index contributed by atoms with van der Waals surface area (Å²) in [5, 5.41) is 15.9. The number of thiophene rings is 2. The first-order valence-electron chi connectivity index (χ1n) is 16.4. The summed E-state index contributed by atoms with van der Waals surface area (Å²) in [6.45, 7) is 0. The van der Waals surface area contributed by atoms with Crippen LogP contribution >= 0.6 is 22.7 Å². The first kappa shape index (κ1) is 26.5. The lowest BCUT2D eigenvalue weighted by Gasteiger charge is -2.19. The van der Waals surface area contributed by atoms with E-state index in [9.17, 15) is 0 Å². The molecule has 0 amide bonds. The molecular weight excluding hydrogens is 617 g/mol. The third kappa shape index (κ3) is 3.59. The first-order chi connectivity index (χ1) is 23.8. The van der Waals surface area contributed by atoms with Crippen molar-refractivity contribution in [3.8, 4) is 22.3 Å². The Kier molecular flexibility index (Phi) is 5.51. The quantitative estimate of drug-likeness (QED) is 0.165. The van der Waals surface area contributed by atoms with Gasteiger partial charge in [-0.25, -0.2) is 0 Å². The maximum Gasteiger partial charge on any atom is 0.0455 e. The summed E-state index contributed by atoms with van der Waals surface area (Å²) in [6.07, 6.45) is 0. The zero-order chi connectivity index (χ0) is 31.3. The van der Waals surface area contributed by atoms with Gasteiger partial charge in [-0.2, -0.15) is 0 Å². The van der Waals surface area contributed by atoms with Crippen molar-refractivity contribution in [2.24, 2.45) is 0 Å². The van der Waals surface area contributed by atoms with Gasteiger partial charge in [-0.15, -0.1) is 22.7 Å². The highest BCUT2D eigenvalue weighted by Crippen LogP contribution is 2.51. The SMILES string of the molecule is c1ccc2c(-c3c4ccccc4c(-c4ccc5sc6c(c5c4)c4ccccc4c4sc5ccccc5c46)c4ccccc34)cccc2c1. The van der Waals surface area contributed by atoms with E-state index in [0.717, 1.165) is 0 Å². The summed E-state index contributed by atoms with van der Waals surface area (Å²) < 4.78 is 5.48. The molecule has 48 heavy (non-hydrogen) atoms. The molecule has 0 spiro atoms. The predicted octanol–water partition coefficient (Wildman–Crippen LogP) is 14.4. The molecule has 222 valence electrons. The summed E-state index contributed by atoms with van der Waals surface area (Å²) in [5.74, 6) is 0. The standard InChI is InChI=1S/C46H26S2/c1-2-14-29-27(12-1)13-11-22-30(29)42-33-17-5-3-15-31(33)41(32-16-4-6-18-34(32)42)28-24-25-40-38(26-28)43-35-19-7-8-20-36(35)45-44(46(43)48-40)37-21-9-10-23-39(37)47-45/h1-26H. The predicted molar refractivity (Wildman–Crippen MR) is 213 cm³/mol. The fraction of sp³-hybridized carbons (Fsp3) is 0. The highest BCUT2D eigenvalue weighted by molar-refractivity contribution is 7.30. The van der Waals surface area contributed by atoms with E-state index in [1.54, 1.807) is 0 Å². The van der Waals surface area contributed by atoms with Gasteiger partial charge in [-0.1, -0.05) is 140 Å². The monoisotopic (exact) mass is 642 g/mol. The molecule has 9 aromatic carbocycles. The van der Waals surface area contributed by atoms with Crippen molar-refractivity contribution in [1.82, 2.24) is 0 Å². The van der Waals surface area contributed by atoms with Gasteiger partial charge in [0.1, 0.15) is 0 Å². The van der Waals surface area contributed by atoms with Crippen LogP contribution in [0.3, 0.4) is 0 Å². The van der Waals surface area contributed by atoms with Gasteiger partial charge in [-0.3, -0.25) is 0 Å². The third-order valence-corrected chi connectivity index (χ3v) is 12.6. The molecule has 2 heterocycles. The number of rotatable bonds is 2. The van der Waals surface area contributed by atoms with Crippen molar-refractivity contribution in [1.29, 1.82) is 0 Å². The highest BCUT2D eigenvalue weighted by atomic mass is 32.1. The van der Waals surface area contributed by atoms with Gasteiger partial charge in [0.2, 0.25) is 0 Å². The average molecular weight is 643 g/mol. The van der Waals surface area contributed by atoms with Crippen molar-refractivity contribution >= 4 is 106 Å². The fourth-order valence-electron chi connectivity index (χ4n) is 8.23. The lowest BCUT2D eigenvalue weighted by molar-refractivity contribution is 1.69. The lowest BCUT2D eigenvalue weighted by Crippen LogP contribution is -1.91. The van der Waals surface area contributed by atoms with E-state index in [4.69, 9.17) is 0 Å². The smallest absolute Gasteiger partial charge is 0.0455 e. The molecule has 0 aliphatic rings. The van der Waals surface area contributed by atoms with Gasteiger partial charge in [-0.05, 0) is 78.2 Å². The molecule has 11 rings (SSSR count). The molecule has 0 bridgehead atoms. The minimum absolute atomic E-state index is 1.26. The lowest BCUT2D eigenvalue weighted by atomic mass is 9.84. The molecule has 0 atom stereocenters. The van der Waals surface area contributed by atoms with Crippen molar-refractivity contribution in [3.63, 3.8) is 0 Å². The van der Waals surface area contributed by atoms with Crippen LogP contribution in [0.5, 0.6) is 0 Å². The van der Waals surface area contributed by atoms with E-state index in [1.165, 1.54) is 106 Å². The molecule has 0 saturated carbocycles. The number of hydrogen-bond acceptors (Lipinski definition) is 2. The molecule has 0 radical (unpaired) electrons. The maximum atomic E-state index is 2.48. The van der Waals surface area contributed by atoms with Crippen molar-refractivity contribution in [2.75, 3.05) is 0 Å². The molecule has 2 heteroatoms. The molecule has 2 aromatic heterocycles. The van der Waals surface area contributed by atoms with E-state index in [2.05, 4.69) is 158 Å². The molecule has 0 aliphatic carbocycles. The molecule has 0 nitrogen and oxygen atoms in total. The second-order valence-electron chi connectivity index (χ2n) is 12.7. The van der Waals surface area contributed by atoms with E-state index in [-0.39, 0.29) is 0 Å². The zero-order valence-electron chi connectivity index (χ0n) is 25.8. The van der Waals surface area contributed by atoms with E-state index in [0.29, 0.717) is 0 Å². The number of benzene rings is 9. The minimum atomic E-state index is 1.26. The molecular formula is C46H26S2. The Labute approximate surface area is 284 Å². The van der Waals surface area contributed by atoms with Gasteiger partial charge < -0.3 is 0 Å². The van der Waals surface area contributed by atoms with Crippen molar-refractivity contribution < 1.29 is 0 Å². The van der Waals surface area contributed by atoms with Crippen LogP contribution in [-0.4, -0.2) is 0 Å². The first-order valence-corrected chi connectivity index (χ1v) is 18.1. The van der Waals surface area contributed by atoms with Gasteiger partial charge in [0.05, 0.1) is 0 Å². The topological polar surface area (TPSA) is 0 Å². The number of fused-ring (bicyclic) bond motifs is 13. The van der Waals surface area contributed by atoms with Crippen LogP contribution in [0.4, 0.5) is 0 Å². The summed E-state index contributed by atoms with van der Waals surface area (Å²) in [5.41, 5.74) is 5.16. The van der Waals surface area contributed by atoms with Gasteiger partial charge >= 0.3 is 0 Å². The zero-order valence-corrected chi connectivity index (χ0v) is 27.5. The molecule has 0 fully saturated rings. The van der Waals surface area contributed by atoms with E-state index in [1.807, 2.05) is 22.7 Å². The second kappa shape index (κ2) is 9.98. The van der Waals surface area contributed by atoms with Gasteiger partial charge in [0, 0.05) is 45.7 Å². The molecule has 0 aliphatic heterocycles. The highest BCUT2D eigenvalue weighted by Gasteiger charge is 2.21. The fourth-order valence-corrected chi connectivity index (χ4v) is 10.8. The molecule has 11 aromatic rings. The molecule has 0 unspecified atom stereocenters. The van der Waals surface area contributed by atoms with Crippen LogP contribution in [0.25, 0.3) is 106 Å². The molecule has 0 saturated heterocycles. The molecule has 0 N–H and O–H groups in total. The van der Waals surface area contributed by atoms with Crippen molar-refractivity contribution in [3.05, 3.63) is 158 Å². The summed E-state index contributed by atoms with van der Waals surface area (Å²) in [7, 11) is 0. The Hall–Kier alpha value is -5.54.